The number of carbonyl (C=O) groups excluding carboxylic acids is 4. The van der Waals surface area contributed by atoms with Crippen LogP contribution in [0.1, 0.15) is 54.4 Å². The van der Waals surface area contributed by atoms with Gasteiger partial charge in [-0.2, -0.15) is 0 Å². The van der Waals surface area contributed by atoms with Crippen LogP contribution < -0.4 is 0 Å². The maximum Gasteiger partial charge on any atom is 0.233 e. The predicted octanol–water partition coefficient (Wildman–Crippen LogP) is 1.58. The second kappa shape index (κ2) is 4.90. The standard InChI is InChI=1S/C18H26N2O4/c1-17(2,3)19-11(21)7-9-13(15(19)23)10-8-12(22)20(18(4,5)6)16(24)14(9)10/h9-10,13-14H,7-8H2,1-6H3. The van der Waals surface area contributed by atoms with Gasteiger partial charge in [0, 0.05) is 35.8 Å². The van der Waals surface area contributed by atoms with Crippen molar-refractivity contribution in [1.29, 1.82) is 0 Å². The van der Waals surface area contributed by atoms with E-state index < -0.39 is 11.1 Å². The van der Waals surface area contributed by atoms with Gasteiger partial charge in [-0.3, -0.25) is 29.0 Å². The fourth-order valence-electron chi connectivity index (χ4n) is 4.72. The molecule has 0 aromatic rings. The molecule has 0 radical (unpaired) electrons. The van der Waals surface area contributed by atoms with E-state index in [0.717, 1.165) is 0 Å². The van der Waals surface area contributed by atoms with Crippen molar-refractivity contribution < 1.29 is 19.2 Å². The second-order valence-electron chi connectivity index (χ2n) is 9.26. The molecule has 4 amide bonds. The number of amides is 4. The lowest BCUT2D eigenvalue weighted by atomic mass is 9.50. The Morgan fingerprint density at radius 2 is 0.958 bits per heavy atom. The molecular weight excluding hydrogens is 308 g/mol. The van der Waals surface area contributed by atoms with Crippen LogP contribution in [0.25, 0.3) is 0 Å². The minimum absolute atomic E-state index is 0.209. The van der Waals surface area contributed by atoms with Crippen molar-refractivity contribution in [3.05, 3.63) is 0 Å². The fraction of sp³-hybridized carbons (Fsp3) is 0.778. The Hall–Kier alpha value is -1.72. The third kappa shape index (κ3) is 2.22. The molecule has 0 atom stereocenters. The van der Waals surface area contributed by atoms with Gasteiger partial charge in [-0.25, -0.2) is 0 Å². The number of nitrogens with zero attached hydrogens (tertiary/aromatic N) is 2. The number of hydrogen-bond donors (Lipinski definition) is 0. The first kappa shape index (κ1) is 17.1. The summed E-state index contributed by atoms with van der Waals surface area (Å²) in [6, 6.07) is 0. The maximum atomic E-state index is 12.9. The summed E-state index contributed by atoms with van der Waals surface area (Å²) >= 11 is 0. The second-order valence-corrected chi connectivity index (χ2v) is 9.26. The quantitative estimate of drug-likeness (QED) is 0.630. The summed E-state index contributed by atoms with van der Waals surface area (Å²) in [6.45, 7) is 11.0. The molecule has 6 heteroatoms. The summed E-state index contributed by atoms with van der Waals surface area (Å²) in [4.78, 5) is 53.3. The minimum Gasteiger partial charge on any atom is -0.277 e. The van der Waals surface area contributed by atoms with Gasteiger partial charge in [-0.15, -0.1) is 0 Å². The van der Waals surface area contributed by atoms with E-state index in [9.17, 15) is 19.2 Å². The third-order valence-corrected chi connectivity index (χ3v) is 5.52. The van der Waals surface area contributed by atoms with E-state index in [-0.39, 0.29) is 60.1 Å². The molecule has 2 saturated heterocycles. The molecule has 24 heavy (non-hydrogen) atoms. The Morgan fingerprint density at radius 3 is 1.21 bits per heavy atom. The summed E-state index contributed by atoms with van der Waals surface area (Å²) < 4.78 is 0. The van der Waals surface area contributed by atoms with Crippen LogP contribution >= 0.6 is 0 Å². The Kier molecular flexibility index (Phi) is 3.49. The van der Waals surface area contributed by atoms with E-state index in [1.807, 2.05) is 41.5 Å². The van der Waals surface area contributed by atoms with Gasteiger partial charge in [0.1, 0.15) is 0 Å². The smallest absolute Gasteiger partial charge is 0.233 e. The normalized spacial score (nSPS) is 34.1. The largest absolute Gasteiger partial charge is 0.277 e. The van der Waals surface area contributed by atoms with Crippen molar-refractivity contribution in [2.45, 2.75) is 65.5 Å². The topological polar surface area (TPSA) is 74.8 Å². The Labute approximate surface area is 142 Å². The number of carbonyl (C=O) groups is 4. The molecule has 0 aromatic heterocycles. The first-order chi connectivity index (χ1) is 10.9. The van der Waals surface area contributed by atoms with Gasteiger partial charge in [-0.1, -0.05) is 0 Å². The van der Waals surface area contributed by atoms with Gasteiger partial charge in [0.2, 0.25) is 23.6 Å². The van der Waals surface area contributed by atoms with Crippen molar-refractivity contribution in [2.75, 3.05) is 0 Å². The van der Waals surface area contributed by atoms with Crippen molar-refractivity contribution in [1.82, 2.24) is 9.80 Å². The van der Waals surface area contributed by atoms with Gasteiger partial charge in [0.15, 0.2) is 0 Å². The van der Waals surface area contributed by atoms with Gasteiger partial charge in [0.25, 0.3) is 0 Å². The molecule has 2 heterocycles. The molecule has 3 fully saturated rings. The molecule has 0 bridgehead atoms. The first-order valence-corrected chi connectivity index (χ1v) is 8.59. The molecule has 0 unspecified atom stereocenters. The van der Waals surface area contributed by atoms with Gasteiger partial charge in [-0.05, 0) is 53.4 Å². The van der Waals surface area contributed by atoms with Crippen molar-refractivity contribution in [3.8, 4) is 0 Å². The zero-order valence-electron chi connectivity index (χ0n) is 15.3. The van der Waals surface area contributed by atoms with Crippen LogP contribution in [0.2, 0.25) is 0 Å². The lowest BCUT2D eigenvalue weighted by Gasteiger charge is -2.59. The molecule has 0 aromatic carbocycles. The zero-order chi connectivity index (χ0) is 18.2. The summed E-state index contributed by atoms with van der Waals surface area (Å²) in [6.07, 6.45) is 0.430. The molecule has 3 rings (SSSR count). The minimum atomic E-state index is -0.579. The summed E-state index contributed by atoms with van der Waals surface area (Å²) in [5.74, 6) is -2.09. The highest BCUT2D eigenvalue weighted by Gasteiger charge is 2.66. The van der Waals surface area contributed by atoms with Crippen molar-refractivity contribution in [2.24, 2.45) is 23.7 Å². The summed E-state index contributed by atoms with van der Waals surface area (Å²) in [7, 11) is 0. The van der Waals surface area contributed by atoms with Gasteiger partial charge < -0.3 is 0 Å². The molecule has 132 valence electrons. The van der Waals surface area contributed by atoms with Crippen molar-refractivity contribution in [3.63, 3.8) is 0 Å². The number of likely N-dealkylation sites (tertiary alicyclic amines) is 2. The molecular formula is C18H26N2O4. The Balaban J connectivity index is 1.91. The van der Waals surface area contributed by atoms with Crippen LogP contribution in [0.4, 0.5) is 0 Å². The maximum absolute atomic E-state index is 12.9. The van der Waals surface area contributed by atoms with Crippen molar-refractivity contribution >= 4 is 23.6 Å². The zero-order valence-corrected chi connectivity index (χ0v) is 15.3. The lowest BCUT2D eigenvalue weighted by molar-refractivity contribution is -0.192. The van der Waals surface area contributed by atoms with E-state index in [2.05, 4.69) is 0 Å². The van der Waals surface area contributed by atoms with E-state index in [0.29, 0.717) is 0 Å². The predicted molar refractivity (Wildman–Crippen MR) is 86.4 cm³/mol. The van der Waals surface area contributed by atoms with E-state index in [1.165, 1.54) is 9.80 Å². The monoisotopic (exact) mass is 334 g/mol. The Morgan fingerprint density at radius 1 is 0.667 bits per heavy atom. The van der Waals surface area contributed by atoms with Crippen LogP contribution in [0.3, 0.4) is 0 Å². The van der Waals surface area contributed by atoms with Gasteiger partial charge in [0.05, 0.1) is 0 Å². The average molecular weight is 334 g/mol. The first-order valence-electron chi connectivity index (χ1n) is 8.59. The molecule has 3 aliphatic rings. The highest BCUT2D eigenvalue weighted by atomic mass is 16.2. The molecule has 0 spiro atoms. The van der Waals surface area contributed by atoms with Crippen LogP contribution in [-0.2, 0) is 19.2 Å². The molecule has 6 nitrogen and oxygen atoms in total. The molecule has 2 aliphatic heterocycles. The van der Waals surface area contributed by atoms with Gasteiger partial charge >= 0.3 is 0 Å². The highest BCUT2D eigenvalue weighted by Crippen LogP contribution is 2.56. The summed E-state index contributed by atoms with van der Waals surface area (Å²) in [5, 5.41) is 0. The van der Waals surface area contributed by atoms with Crippen LogP contribution in [0.15, 0.2) is 0 Å². The number of piperidine rings is 2. The third-order valence-electron chi connectivity index (χ3n) is 5.52. The molecule has 1 saturated carbocycles. The number of fused-ring (bicyclic) bond motifs is 4. The Bertz CT molecular complexity index is 576. The van der Waals surface area contributed by atoms with E-state index in [4.69, 9.17) is 0 Å². The number of imide groups is 2. The lowest BCUT2D eigenvalue weighted by Crippen LogP contribution is -2.71. The SMILES string of the molecule is CC(C)(C)N1C(=O)CC2C(C1=O)C1CC(=O)N(C(C)(C)C)C(=O)C21. The molecule has 1 aliphatic carbocycles. The van der Waals surface area contributed by atoms with Crippen LogP contribution in [0.5, 0.6) is 0 Å². The summed E-state index contributed by atoms with van der Waals surface area (Å²) in [5.41, 5.74) is -1.16. The number of hydrogen-bond acceptors (Lipinski definition) is 4. The van der Waals surface area contributed by atoms with E-state index in [1.54, 1.807) is 0 Å². The fourth-order valence-corrected chi connectivity index (χ4v) is 4.72. The highest BCUT2D eigenvalue weighted by molar-refractivity contribution is 6.06. The van der Waals surface area contributed by atoms with Crippen LogP contribution in [0, 0.1) is 23.7 Å². The molecule has 0 N–H and O–H groups in total. The number of rotatable bonds is 0. The average Bonchev–Trinajstić information content (AvgIpc) is 2.31. The van der Waals surface area contributed by atoms with Crippen LogP contribution in [-0.4, -0.2) is 44.5 Å². The van der Waals surface area contributed by atoms with E-state index >= 15 is 0 Å².